The molecular weight excluding hydrogens is 396 g/mol. The molecule has 0 saturated heterocycles. The van der Waals surface area contributed by atoms with Crippen LogP contribution < -0.4 is 10.6 Å². The van der Waals surface area contributed by atoms with Crippen LogP contribution >= 0.6 is 0 Å². The molecule has 1 atom stereocenters. The number of carbonyl (C=O) groups excluding carboxylic acids is 3. The van der Waals surface area contributed by atoms with Crippen LogP contribution in [-0.4, -0.2) is 61.0 Å². The molecule has 168 valence electrons. The minimum absolute atomic E-state index is 0.153. The second-order valence-corrected chi connectivity index (χ2v) is 7.84. The van der Waals surface area contributed by atoms with E-state index in [0.717, 1.165) is 23.7 Å². The Morgan fingerprint density at radius 3 is 2.65 bits per heavy atom. The Bertz CT molecular complexity index is 885. The quantitative estimate of drug-likeness (QED) is 0.503. The molecule has 31 heavy (non-hydrogen) atoms. The molecule has 0 spiro atoms. The van der Waals surface area contributed by atoms with Crippen molar-refractivity contribution in [3.05, 3.63) is 36.5 Å². The van der Waals surface area contributed by atoms with Gasteiger partial charge in [0.2, 0.25) is 5.91 Å². The number of pyridine rings is 1. The van der Waals surface area contributed by atoms with Crippen LogP contribution in [-0.2, 0) is 14.3 Å². The number of carbonyl (C=O) groups is 3. The molecule has 0 aliphatic rings. The number of hydrogen-bond acceptors (Lipinski definition) is 6. The molecule has 2 rings (SSSR count). The number of Topliss-reactive ketones (excluding diaryl/α,β-unsaturated/α-hetero) is 1. The van der Waals surface area contributed by atoms with Crippen molar-refractivity contribution < 1.29 is 19.1 Å². The van der Waals surface area contributed by atoms with E-state index in [1.54, 1.807) is 13.1 Å². The van der Waals surface area contributed by atoms with Crippen LogP contribution in [0.4, 0.5) is 10.5 Å². The standard InChI is InChI=1S/C23H32N4O4/c1-17(28)9-5-4-6-12-21(26-23(30)31-14-13-27(2)3)22(29)25-19-15-18-10-7-8-11-20(18)24-16-19/h7-8,10-11,15-16,21H,4-6,9,12-14H2,1-3H3,(H,25,29)(H,26,30)/t21-/m0/s1. The summed E-state index contributed by atoms with van der Waals surface area (Å²) in [4.78, 5) is 42.4. The van der Waals surface area contributed by atoms with Gasteiger partial charge in [-0.1, -0.05) is 31.0 Å². The fourth-order valence-corrected chi connectivity index (χ4v) is 3.04. The fourth-order valence-electron chi connectivity index (χ4n) is 3.04. The maximum atomic E-state index is 12.9. The van der Waals surface area contributed by atoms with E-state index in [0.29, 0.717) is 31.5 Å². The molecule has 8 heteroatoms. The first-order valence-corrected chi connectivity index (χ1v) is 10.6. The van der Waals surface area contributed by atoms with Crippen molar-refractivity contribution in [2.75, 3.05) is 32.6 Å². The van der Waals surface area contributed by atoms with Gasteiger partial charge in [-0.3, -0.25) is 9.78 Å². The third-order valence-electron chi connectivity index (χ3n) is 4.76. The lowest BCUT2D eigenvalue weighted by Gasteiger charge is -2.19. The first-order valence-electron chi connectivity index (χ1n) is 10.6. The first kappa shape index (κ1) is 24.3. The maximum Gasteiger partial charge on any atom is 0.407 e. The highest BCUT2D eigenvalue weighted by Crippen LogP contribution is 2.17. The van der Waals surface area contributed by atoms with E-state index in [1.807, 2.05) is 49.3 Å². The van der Waals surface area contributed by atoms with Crippen molar-refractivity contribution >= 4 is 34.4 Å². The van der Waals surface area contributed by atoms with Gasteiger partial charge in [0.25, 0.3) is 0 Å². The molecule has 2 amide bonds. The lowest BCUT2D eigenvalue weighted by Crippen LogP contribution is -2.44. The number of nitrogens with zero attached hydrogens (tertiary/aromatic N) is 2. The van der Waals surface area contributed by atoms with Crippen LogP contribution in [0.2, 0.25) is 0 Å². The number of fused-ring (bicyclic) bond motifs is 1. The minimum Gasteiger partial charge on any atom is -0.448 e. The number of rotatable bonds is 12. The Kier molecular flexibility index (Phi) is 9.90. The summed E-state index contributed by atoms with van der Waals surface area (Å²) in [6.45, 7) is 2.40. The summed E-state index contributed by atoms with van der Waals surface area (Å²) in [7, 11) is 3.77. The van der Waals surface area contributed by atoms with Crippen LogP contribution in [0.25, 0.3) is 10.9 Å². The monoisotopic (exact) mass is 428 g/mol. The Morgan fingerprint density at radius 1 is 1.13 bits per heavy atom. The summed E-state index contributed by atoms with van der Waals surface area (Å²) in [5.41, 5.74) is 1.40. The number of aromatic nitrogens is 1. The van der Waals surface area contributed by atoms with E-state index in [9.17, 15) is 14.4 Å². The molecular formula is C23H32N4O4. The summed E-state index contributed by atoms with van der Waals surface area (Å²) in [5, 5.41) is 6.42. The van der Waals surface area contributed by atoms with Crippen LogP contribution in [0.15, 0.2) is 36.5 Å². The van der Waals surface area contributed by atoms with E-state index in [4.69, 9.17) is 4.74 Å². The number of likely N-dealkylation sites (N-methyl/N-ethyl adjacent to an activating group) is 1. The van der Waals surface area contributed by atoms with Crippen LogP contribution in [0.1, 0.15) is 39.0 Å². The average Bonchev–Trinajstić information content (AvgIpc) is 2.72. The SMILES string of the molecule is CC(=O)CCCCC[C@H](NC(=O)OCCN(C)C)C(=O)Nc1cnc2ccccc2c1. The third-order valence-corrected chi connectivity index (χ3v) is 4.76. The summed E-state index contributed by atoms with van der Waals surface area (Å²) < 4.78 is 5.17. The number of amides is 2. The molecule has 2 aromatic rings. The zero-order chi connectivity index (χ0) is 22.6. The number of para-hydroxylation sites is 1. The Hall–Kier alpha value is -3.00. The van der Waals surface area contributed by atoms with E-state index < -0.39 is 12.1 Å². The molecule has 8 nitrogen and oxygen atoms in total. The van der Waals surface area contributed by atoms with Crippen LogP contribution in [0.3, 0.4) is 0 Å². The molecule has 0 aliphatic heterocycles. The zero-order valence-corrected chi connectivity index (χ0v) is 18.5. The highest BCUT2D eigenvalue weighted by Gasteiger charge is 2.21. The number of ketones is 1. The summed E-state index contributed by atoms with van der Waals surface area (Å²) in [6, 6.07) is 8.74. The summed E-state index contributed by atoms with van der Waals surface area (Å²) in [5.74, 6) is -0.172. The van der Waals surface area contributed by atoms with Gasteiger partial charge in [-0.15, -0.1) is 0 Å². The highest BCUT2D eigenvalue weighted by atomic mass is 16.5. The lowest BCUT2D eigenvalue weighted by molar-refractivity contribution is -0.118. The van der Waals surface area contributed by atoms with Crippen molar-refractivity contribution in [3.8, 4) is 0 Å². The third kappa shape index (κ3) is 9.13. The van der Waals surface area contributed by atoms with Crippen molar-refractivity contribution in [3.63, 3.8) is 0 Å². The normalized spacial score (nSPS) is 11.9. The summed E-state index contributed by atoms with van der Waals surface area (Å²) in [6.07, 6.45) is 4.23. The van der Waals surface area contributed by atoms with Gasteiger partial charge >= 0.3 is 6.09 Å². The number of nitrogens with one attached hydrogen (secondary N) is 2. The van der Waals surface area contributed by atoms with Gasteiger partial charge in [0.05, 0.1) is 17.4 Å². The molecule has 0 aliphatic carbocycles. The van der Waals surface area contributed by atoms with E-state index in [2.05, 4.69) is 15.6 Å². The van der Waals surface area contributed by atoms with Gasteiger partial charge in [0.1, 0.15) is 18.4 Å². The number of unbranched alkanes of at least 4 members (excludes halogenated alkanes) is 2. The van der Waals surface area contributed by atoms with Crippen LogP contribution in [0, 0.1) is 0 Å². The molecule has 1 aromatic carbocycles. The first-order chi connectivity index (χ1) is 14.8. The Labute approximate surface area is 183 Å². The van der Waals surface area contributed by atoms with Crippen molar-refractivity contribution in [2.24, 2.45) is 0 Å². The molecule has 0 saturated carbocycles. The van der Waals surface area contributed by atoms with E-state index in [1.165, 1.54) is 0 Å². The number of ether oxygens (including phenoxy) is 1. The predicted octanol–water partition coefficient (Wildman–Crippen LogP) is 3.37. The van der Waals surface area contributed by atoms with Gasteiger partial charge in [0.15, 0.2) is 0 Å². The van der Waals surface area contributed by atoms with Gasteiger partial charge < -0.3 is 25.1 Å². The average molecular weight is 429 g/mol. The van der Waals surface area contributed by atoms with Gasteiger partial charge in [-0.05, 0) is 46.0 Å². The number of hydrogen-bond donors (Lipinski definition) is 2. The fraction of sp³-hybridized carbons (Fsp3) is 0.478. The predicted molar refractivity (Wildman–Crippen MR) is 121 cm³/mol. The number of benzene rings is 1. The smallest absolute Gasteiger partial charge is 0.407 e. The van der Waals surface area contributed by atoms with E-state index >= 15 is 0 Å². The molecule has 1 heterocycles. The van der Waals surface area contributed by atoms with Crippen molar-refractivity contribution in [1.29, 1.82) is 0 Å². The van der Waals surface area contributed by atoms with Gasteiger partial charge in [0, 0.05) is 18.4 Å². The van der Waals surface area contributed by atoms with Crippen LogP contribution in [0.5, 0.6) is 0 Å². The largest absolute Gasteiger partial charge is 0.448 e. The second-order valence-electron chi connectivity index (χ2n) is 7.84. The zero-order valence-electron chi connectivity index (χ0n) is 18.5. The molecule has 0 bridgehead atoms. The van der Waals surface area contributed by atoms with Gasteiger partial charge in [-0.2, -0.15) is 0 Å². The molecule has 1 aromatic heterocycles. The number of alkyl carbamates (subject to hydrolysis) is 1. The molecule has 0 radical (unpaired) electrons. The number of anilines is 1. The Balaban J connectivity index is 1.97. The molecule has 0 fully saturated rings. The lowest BCUT2D eigenvalue weighted by atomic mass is 10.1. The van der Waals surface area contributed by atoms with Crippen molar-refractivity contribution in [1.82, 2.24) is 15.2 Å². The Morgan fingerprint density at radius 2 is 1.90 bits per heavy atom. The second kappa shape index (κ2) is 12.6. The molecule has 2 N–H and O–H groups in total. The van der Waals surface area contributed by atoms with E-state index in [-0.39, 0.29) is 18.3 Å². The van der Waals surface area contributed by atoms with Crippen molar-refractivity contribution in [2.45, 2.75) is 45.1 Å². The molecule has 0 unspecified atom stereocenters. The highest BCUT2D eigenvalue weighted by molar-refractivity contribution is 5.97. The minimum atomic E-state index is -0.740. The maximum absolute atomic E-state index is 12.9. The van der Waals surface area contributed by atoms with Gasteiger partial charge in [-0.25, -0.2) is 4.79 Å². The topological polar surface area (TPSA) is 101 Å². The summed E-state index contributed by atoms with van der Waals surface area (Å²) >= 11 is 0.